The summed E-state index contributed by atoms with van der Waals surface area (Å²) < 4.78 is 34.6. The van der Waals surface area contributed by atoms with Crippen LogP contribution in [0.15, 0.2) is 41.3 Å². The molecule has 0 N–H and O–H groups in total. The molecule has 3 heterocycles. The molecule has 1 aromatic heterocycles. The van der Waals surface area contributed by atoms with Crippen molar-refractivity contribution in [2.45, 2.75) is 50.5 Å². The maximum absolute atomic E-state index is 13.7. The minimum atomic E-state index is -3.59. The van der Waals surface area contributed by atoms with Gasteiger partial charge in [-0.25, -0.2) is 13.4 Å². The summed E-state index contributed by atoms with van der Waals surface area (Å²) >= 11 is 7.74. The van der Waals surface area contributed by atoms with Gasteiger partial charge in [-0.15, -0.1) is 0 Å². The number of thiazole rings is 1. The predicted octanol–water partition coefficient (Wildman–Crippen LogP) is 5.50. The first-order chi connectivity index (χ1) is 17.2. The Kier molecular flexibility index (Phi) is 7.38. The fourth-order valence-corrected chi connectivity index (χ4v) is 7.67. The number of sulfonamides is 1. The van der Waals surface area contributed by atoms with Gasteiger partial charge in [0.15, 0.2) is 5.13 Å². The molecule has 0 bridgehead atoms. The molecule has 1 amide bonds. The lowest BCUT2D eigenvalue weighted by atomic mass is 10.0. The number of benzene rings is 2. The summed E-state index contributed by atoms with van der Waals surface area (Å²) in [6, 6.07) is 10.0. The van der Waals surface area contributed by atoms with E-state index in [4.69, 9.17) is 21.3 Å². The van der Waals surface area contributed by atoms with Gasteiger partial charge in [-0.3, -0.25) is 9.69 Å². The van der Waals surface area contributed by atoms with Crippen molar-refractivity contribution < 1.29 is 17.9 Å². The third-order valence-electron chi connectivity index (χ3n) is 6.98. The maximum Gasteiger partial charge on any atom is 0.260 e. The second-order valence-electron chi connectivity index (χ2n) is 9.70. The Bertz CT molecular complexity index is 1370. The standard InChI is InChI=1S/C26H30ClN3O4S2/c1-17-5-3-13-29(15-17)36(32,33)21-9-7-19(8-10-21)25(31)30(16-20-6-4-14-34-20)26-28-24-18(2)22(27)11-12-23(24)35-26/h7-12,17,20H,3-6,13-16H2,1-2H3. The fraction of sp³-hybridized carbons (Fsp3) is 0.462. The fourth-order valence-electron chi connectivity index (χ4n) is 4.88. The summed E-state index contributed by atoms with van der Waals surface area (Å²) in [6.07, 6.45) is 3.68. The van der Waals surface area contributed by atoms with Gasteiger partial charge >= 0.3 is 0 Å². The van der Waals surface area contributed by atoms with Gasteiger partial charge in [0, 0.05) is 30.3 Å². The molecule has 0 radical (unpaired) electrons. The third kappa shape index (κ3) is 5.04. The molecule has 192 valence electrons. The Morgan fingerprint density at radius 1 is 1.19 bits per heavy atom. The molecule has 3 aromatic rings. The normalized spacial score (nSPS) is 21.2. The van der Waals surface area contributed by atoms with Gasteiger partial charge < -0.3 is 4.74 Å². The maximum atomic E-state index is 13.7. The smallest absolute Gasteiger partial charge is 0.260 e. The number of halogens is 1. The van der Waals surface area contributed by atoms with Gasteiger partial charge in [0.1, 0.15) is 0 Å². The van der Waals surface area contributed by atoms with Gasteiger partial charge in [0.05, 0.1) is 27.8 Å². The molecule has 0 spiro atoms. The number of carbonyl (C=O) groups excluding carboxylic acids is 1. The van der Waals surface area contributed by atoms with Crippen LogP contribution in [0.5, 0.6) is 0 Å². The number of anilines is 1. The SMILES string of the molecule is Cc1c(Cl)ccc2sc(N(CC3CCCO3)C(=O)c3ccc(S(=O)(=O)N4CCCC(C)C4)cc3)nc12. The first-order valence-corrected chi connectivity index (χ1v) is 15.0. The minimum Gasteiger partial charge on any atom is -0.376 e. The molecule has 2 saturated heterocycles. The summed E-state index contributed by atoms with van der Waals surface area (Å²) in [4.78, 5) is 20.4. The van der Waals surface area contributed by atoms with Crippen molar-refractivity contribution in [1.29, 1.82) is 0 Å². The topological polar surface area (TPSA) is 79.8 Å². The van der Waals surface area contributed by atoms with E-state index in [1.165, 1.54) is 23.5 Å². The van der Waals surface area contributed by atoms with Crippen LogP contribution < -0.4 is 4.90 Å². The highest BCUT2D eigenvalue weighted by molar-refractivity contribution is 7.89. The zero-order valence-electron chi connectivity index (χ0n) is 20.4. The van der Waals surface area contributed by atoms with Crippen molar-refractivity contribution in [3.05, 3.63) is 52.5 Å². The minimum absolute atomic E-state index is 0.0635. The van der Waals surface area contributed by atoms with Crippen molar-refractivity contribution >= 4 is 54.2 Å². The van der Waals surface area contributed by atoms with Crippen LogP contribution in [0.3, 0.4) is 0 Å². The van der Waals surface area contributed by atoms with Gasteiger partial charge in [0.2, 0.25) is 10.0 Å². The quantitative estimate of drug-likeness (QED) is 0.407. The first kappa shape index (κ1) is 25.6. The number of ether oxygens (including phenoxy) is 1. The van der Waals surface area contributed by atoms with Gasteiger partial charge in [0.25, 0.3) is 5.91 Å². The van der Waals surface area contributed by atoms with E-state index in [0.29, 0.717) is 47.9 Å². The molecule has 0 aliphatic carbocycles. The highest BCUT2D eigenvalue weighted by atomic mass is 35.5. The molecule has 2 atom stereocenters. The molecular weight excluding hydrogens is 518 g/mol. The number of aromatic nitrogens is 1. The molecule has 2 aliphatic rings. The van der Waals surface area contributed by atoms with Gasteiger partial charge in [-0.2, -0.15) is 4.31 Å². The van der Waals surface area contributed by atoms with E-state index in [9.17, 15) is 13.2 Å². The van der Waals surface area contributed by atoms with Crippen LogP contribution in [0.4, 0.5) is 5.13 Å². The summed E-state index contributed by atoms with van der Waals surface area (Å²) in [5.74, 6) is 0.108. The molecule has 10 heteroatoms. The molecule has 7 nitrogen and oxygen atoms in total. The number of hydrogen-bond acceptors (Lipinski definition) is 6. The molecule has 2 fully saturated rings. The van der Waals surface area contributed by atoms with Crippen molar-refractivity contribution in [2.24, 2.45) is 5.92 Å². The summed E-state index contributed by atoms with van der Waals surface area (Å²) in [6.45, 7) is 6.12. The molecule has 5 rings (SSSR count). The van der Waals surface area contributed by atoms with E-state index in [1.807, 2.05) is 19.1 Å². The lowest BCUT2D eigenvalue weighted by molar-refractivity contribution is 0.0917. The van der Waals surface area contributed by atoms with Crippen molar-refractivity contribution in [3.63, 3.8) is 0 Å². The first-order valence-electron chi connectivity index (χ1n) is 12.3. The summed E-state index contributed by atoms with van der Waals surface area (Å²) in [5.41, 5.74) is 2.07. The Morgan fingerprint density at radius 2 is 1.97 bits per heavy atom. The van der Waals surface area contributed by atoms with E-state index in [0.717, 1.165) is 41.5 Å². The Labute approximate surface area is 221 Å². The average Bonchev–Trinajstić information content (AvgIpc) is 3.55. The van der Waals surface area contributed by atoms with Gasteiger partial charge in [-0.05, 0) is 80.5 Å². The Morgan fingerprint density at radius 3 is 2.67 bits per heavy atom. The number of carbonyl (C=O) groups is 1. The van der Waals surface area contributed by atoms with Crippen LogP contribution in [-0.2, 0) is 14.8 Å². The number of nitrogens with zero attached hydrogens (tertiary/aromatic N) is 3. The third-order valence-corrected chi connectivity index (χ3v) is 10.3. The Hall–Kier alpha value is -2.04. The Balaban J connectivity index is 1.44. The van der Waals surface area contributed by atoms with E-state index in [-0.39, 0.29) is 16.9 Å². The largest absolute Gasteiger partial charge is 0.376 e. The van der Waals surface area contributed by atoms with Crippen LogP contribution in [0, 0.1) is 12.8 Å². The molecular formula is C26H30ClN3O4S2. The zero-order valence-corrected chi connectivity index (χ0v) is 22.8. The van der Waals surface area contributed by atoms with Crippen LogP contribution in [0.25, 0.3) is 10.2 Å². The lowest BCUT2D eigenvalue weighted by Crippen LogP contribution is -2.39. The van der Waals surface area contributed by atoms with Crippen LogP contribution >= 0.6 is 22.9 Å². The van der Waals surface area contributed by atoms with Crippen molar-refractivity contribution in [3.8, 4) is 0 Å². The lowest BCUT2D eigenvalue weighted by Gasteiger charge is -2.30. The number of amides is 1. The molecule has 2 aromatic carbocycles. The van der Waals surface area contributed by atoms with Gasteiger partial charge in [-0.1, -0.05) is 29.9 Å². The number of piperidine rings is 1. The highest BCUT2D eigenvalue weighted by Crippen LogP contribution is 2.35. The number of hydrogen-bond donors (Lipinski definition) is 0. The van der Waals surface area contributed by atoms with E-state index >= 15 is 0 Å². The van der Waals surface area contributed by atoms with Crippen LogP contribution in [0.2, 0.25) is 5.02 Å². The number of rotatable bonds is 6. The van der Waals surface area contributed by atoms with Crippen LogP contribution in [-0.4, -0.2) is 56.0 Å². The summed E-state index contributed by atoms with van der Waals surface area (Å²) in [7, 11) is -3.59. The van der Waals surface area contributed by atoms with Crippen molar-refractivity contribution in [1.82, 2.24) is 9.29 Å². The second-order valence-corrected chi connectivity index (χ2v) is 13.1. The van der Waals surface area contributed by atoms with E-state index in [2.05, 4.69) is 6.92 Å². The average molecular weight is 548 g/mol. The number of fused-ring (bicyclic) bond motifs is 1. The number of aryl methyl sites for hydroxylation is 1. The monoisotopic (exact) mass is 547 g/mol. The highest BCUT2D eigenvalue weighted by Gasteiger charge is 2.30. The predicted molar refractivity (Wildman–Crippen MR) is 144 cm³/mol. The zero-order chi connectivity index (χ0) is 25.4. The molecule has 2 aliphatic heterocycles. The van der Waals surface area contributed by atoms with Crippen LogP contribution in [0.1, 0.15) is 48.5 Å². The van der Waals surface area contributed by atoms with E-state index < -0.39 is 10.0 Å². The summed E-state index contributed by atoms with van der Waals surface area (Å²) in [5, 5.41) is 1.21. The second kappa shape index (κ2) is 10.4. The molecule has 36 heavy (non-hydrogen) atoms. The van der Waals surface area contributed by atoms with Crippen molar-refractivity contribution in [2.75, 3.05) is 31.1 Å². The molecule has 2 unspecified atom stereocenters. The van der Waals surface area contributed by atoms with E-state index in [1.54, 1.807) is 21.3 Å². The molecule has 0 saturated carbocycles.